The van der Waals surface area contributed by atoms with E-state index < -0.39 is 17.6 Å². The van der Waals surface area contributed by atoms with Crippen LogP contribution >= 0.6 is 0 Å². The second-order valence-electron chi connectivity index (χ2n) is 8.03. The van der Waals surface area contributed by atoms with Crippen LogP contribution in [0.15, 0.2) is 36.4 Å². The molecule has 1 saturated carbocycles. The molecule has 1 aliphatic carbocycles. The number of rotatable bonds is 5. The first-order chi connectivity index (χ1) is 14.7. The van der Waals surface area contributed by atoms with Crippen LogP contribution in [0, 0.1) is 5.92 Å². The number of hydrogen-bond acceptors (Lipinski definition) is 4. The minimum Gasteiger partial charge on any atom is -0.349 e. The fourth-order valence-corrected chi connectivity index (χ4v) is 3.80. The highest BCUT2D eigenvalue weighted by molar-refractivity contribution is 5.96. The zero-order valence-electron chi connectivity index (χ0n) is 16.8. The zero-order chi connectivity index (χ0) is 22.2. The smallest absolute Gasteiger partial charge is 0.349 e. The third kappa shape index (κ3) is 4.71. The molecule has 164 valence electrons. The Balaban J connectivity index is 1.45. The summed E-state index contributed by atoms with van der Waals surface area (Å²) in [5.41, 5.74) is 6.35. The number of benzene rings is 1. The van der Waals surface area contributed by atoms with Gasteiger partial charge in [0.1, 0.15) is 5.69 Å². The van der Waals surface area contributed by atoms with Gasteiger partial charge in [0.15, 0.2) is 0 Å². The van der Waals surface area contributed by atoms with Crippen molar-refractivity contribution in [2.75, 3.05) is 13.1 Å². The molecule has 1 atom stereocenters. The number of nitrogens with one attached hydrogen (secondary N) is 1. The van der Waals surface area contributed by atoms with Crippen LogP contribution in [0.5, 0.6) is 0 Å². The molecule has 1 unspecified atom stereocenters. The van der Waals surface area contributed by atoms with Crippen molar-refractivity contribution >= 4 is 11.8 Å². The summed E-state index contributed by atoms with van der Waals surface area (Å²) in [6, 6.07) is 7.99. The number of hydrogen-bond donors (Lipinski definition) is 2. The van der Waals surface area contributed by atoms with Crippen molar-refractivity contribution in [3.63, 3.8) is 0 Å². The summed E-state index contributed by atoms with van der Waals surface area (Å²) in [5, 5.41) is 2.80. The number of nitrogens with two attached hydrogens (primary N) is 1. The quantitative estimate of drug-likeness (QED) is 0.761. The predicted octanol–water partition coefficient (Wildman–Crippen LogP) is 2.77. The van der Waals surface area contributed by atoms with Gasteiger partial charge in [-0.3, -0.25) is 9.59 Å². The van der Waals surface area contributed by atoms with E-state index in [1.54, 1.807) is 12.1 Å². The Morgan fingerprint density at radius 1 is 1.19 bits per heavy atom. The third-order valence-corrected chi connectivity index (χ3v) is 5.76. The van der Waals surface area contributed by atoms with E-state index in [2.05, 4.69) is 10.3 Å². The molecule has 9 heteroatoms. The van der Waals surface area contributed by atoms with Crippen molar-refractivity contribution in [3.8, 4) is 0 Å². The Morgan fingerprint density at radius 2 is 1.94 bits per heavy atom. The summed E-state index contributed by atoms with van der Waals surface area (Å²) in [6.07, 6.45) is -2.06. The van der Waals surface area contributed by atoms with E-state index in [1.807, 2.05) is 0 Å². The van der Waals surface area contributed by atoms with Gasteiger partial charge >= 0.3 is 6.18 Å². The molecular weight excluding hydrogens is 409 g/mol. The summed E-state index contributed by atoms with van der Waals surface area (Å²) in [6.45, 7) is 0.758. The molecule has 0 radical (unpaired) electrons. The van der Waals surface area contributed by atoms with Crippen molar-refractivity contribution < 1.29 is 22.8 Å². The van der Waals surface area contributed by atoms with Gasteiger partial charge in [0.2, 0.25) is 0 Å². The first-order valence-corrected chi connectivity index (χ1v) is 10.2. The lowest BCUT2D eigenvalue weighted by molar-refractivity contribution is -0.138. The molecule has 0 bridgehead atoms. The highest BCUT2D eigenvalue weighted by Gasteiger charge is 2.36. The number of carbonyl (C=O) groups excluding carboxylic acids is 2. The fourth-order valence-electron chi connectivity index (χ4n) is 3.80. The van der Waals surface area contributed by atoms with Crippen molar-refractivity contribution in [3.05, 3.63) is 64.5 Å². The summed E-state index contributed by atoms with van der Waals surface area (Å²) < 4.78 is 39.8. The molecule has 1 aliphatic heterocycles. The standard InChI is InChI=1S/C22H23F3N4O2/c23-22(24,25)16-4-2-1-3-15(16)21(31)29-10-9-18-14(12-29)7-8-19(28-18)20(30)27-11-17(26)13-5-6-13/h1-4,7-8,13,17H,5-6,9-12,26H2,(H,27,30). The Kier molecular flexibility index (Phi) is 5.70. The zero-order valence-corrected chi connectivity index (χ0v) is 16.8. The molecule has 0 spiro atoms. The maximum absolute atomic E-state index is 13.3. The first kappa shape index (κ1) is 21.3. The number of alkyl halides is 3. The van der Waals surface area contributed by atoms with Crippen LogP contribution in [0.1, 0.15) is 50.5 Å². The maximum atomic E-state index is 13.3. The number of carbonyl (C=O) groups is 2. The van der Waals surface area contributed by atoms with Gasteiger partial charge in [0.05, 0.1) is 11.1 Å². The third-order valence-electron chi connectivity index (χ3n) is 5.76. The molecule has 4 rings (SSSR count). The molecule has 2 aliphatic rings. The SMILES string of the molecule is NC(CNC(=O)c1ccc2c(n1)CCN(C(=O)c1ccccc1C(F)(F)F)C2)C1CC1. The lowest BCUT2D eigenvalue weighted by Gasteiger charge is -2.29. The van der Waals surface area contributed by atoms with Crippen molar-refractivity contribution in [2.24, 2.45) is 11.7 Å². The van der Waals surface area contributed by atoms with Crippen LogP contribution in [0.2, 0.25) is 0 Å². The van der Waals surface area contributed by atoms with Gasteiger partial charge < -0.3 is 16.0 Å². The molecule has 6 nitrogen and oxygen atoms in total. The number of nitrogens with zero attached hydrogens (tertiary/aromatic N) is 2. The fraction of sp³-hybridized carbons (Fsp3) is 0.409. The molecule has 3 N–H and O–H groups in total. The molecule has 1 fully saturated rings. The van der Waals surface area contributed by atoms with E-state index in [0.29, 0.717) is 24.6 Å². The maximum Gasteiger partial charge on any atom is 0.417 e. The van der Waals surface area contributed by atoms with E-state index in [4.69, 9.17) is 5.73 Å². The second kappa shape index (κ2) is 8.30. The Bertz CT molecular complexity index is 1000. The van der Waals surface area contributed by atoms with Crippen LogP contribution < -0.4 is 11.1 Å². The summed E-state index contributed by atoms with van der Waals surface area (Å²) in [7, 11) is 0. The molecule has 1 aromatic carbocycles. The number of pyridine rings is 1. The number of fused-ring (bicyclic) bond motifs is 1. The number of aromatic nitrogens is 1. The highest BCUT2D eigenvalue weighted by atomic mass is 19.4. The predicted molar refractivity (Wildman–Crippen MR) is 107 cm³/mol. The summed E-state index contributed by atoms with van der Waals surface area (Å²) in [5.74, 6) is -0.506. The molecule has 2 amide bonds. The minimum absolute atomic E-state index is 0.0549. The van der Waals surface area contributed by atoms with Gasteiger partial charge in [-0.2, -0.15) is 13.2 Å². The van der Waals surface area contributed by atoms with Crippen molar-refractivity contribution in [2.45, 2.75) is 38.0 Å². The normalized spacial score (nSPS) is 17.1. The van der Waals surface area contributed by atoms with Gasteiger partial charge in [-0.25, -0.2) is 4.98 Å². The first-order valence-electron chi connectivity index (χ1n) is 10.2. The van der Waals surface area contributed by atoms with Crippen LogP contribution in [0.3, 0.4) is 0 Å². The van der Waals surface area contributed by atoms with Gasteiger partial charge in [-0.05, 0) is 42.5 Å². The average Bonchev–Trinajstić information content (AvgIpc) is 3.61. The molecular formula is C22H23F3N4O2. The summed E-state index contributed by atoms with van der Waals surface area (Å²) in [4.78, 5) is 30.9. The minimum atomic E-state index is -4.61. The molecule has 31 heavy (non-hydrogen) atoms. The van der Waals surface area contributed by atoms with E-state index in [-0.39, 0.29) is 36.3 Å². The van der Waals surface area contributed by atoms with E-state index in [1.165, 1.54) is 23.1 Å². The molecule has 0 saturated heterocycles. The van der Waals surface area contributed by atoms with Crippen LogP contribution in [0.4, 0.5) is 13.2 Å². The van der Waals surface area contributed by atoms with Crippen molar-refractivity contribution in [1.29, 1.82) is 0 Å². The van der Waals surface area contributed by atoms with Gasteiger partial charge in [0.25, 0.3) is 11.8 Å². The Hall–Kier alpha value is -2.94. The monoisotopic (exact) mass is 432 g/mol. The molecule has 1 aromatic heterocycles. The van der Waals surface area contributed by atoms with Crippen molar-refractivity contribution in [1.82, 2.24) is 15.2 Å². The largest absolute Gasteiger partial charge is 0.417 e. The van der Waals surface area contributed by atoms with Crippen LogP contribution in [-0.2, 0) is 19.1 Å². The van der Waals surface area contributed by atoms with Crippen LogP contribution in [-0.4, -0.2) is 40.8 Å². The summed E-state index contributed by atoms with van der Waals surface area (Å²) >= 11 is 0. The lowest BCUT2D eigenvalue weighted by Crippen LogP contribution is -2.39. The average molecular weight is 432 g/mol. The molecule has 2 heterocycles. The van der Waals surface area contributed by atoms with Gasteiger partial charge in [0, 0.05) is 37.8 Å². The van der Waals surface area contributed by atoms with Crippen LogP contribution in [0.25, 0.3) is 0 Å². The topological polar surface area (TPSA) is 88.3 Å². The van der Waals surface area contributed by atoms with E-state index in [0.717, 1.165) is 24.5 Å². The number of halogens is 3. The highest BCUT2D eigenvalue weighted by Crippen LogP contribution is 2.33. The van der Waals surface area contributed by atoms with E-state index in [9.17, 15) is 22.8 Å². The lowest BCUT2D eigenvalue weighted by atomic mass is 10.0. The Morgan fingerprint density at radius 3 is 2.65 bits per heavy atom. The molecule has 2 aromatic rings. The van der Waals surface area contributed by atoms with Gasteiger partial charge in [-0.15, -0.1) is 0 Å². The van der Waals surface area contributed by atoms with E-state index >= 15 is 0 Å². The van der Waals surface area contributed by atoms with Gasteiger partial charge in [-0.1, -0.05) is 18.2 Å². The Labute approximate surface area is 177 Å². The number of amides is 2. The second-order valence-corrected chi connectivity index (χ2v) is 8.03.